The third kappa shape index (κ3) is 4.86. The van der Waals surface area contributed by atoms with Gasteiger partial charge < -0.3 is 10.1 Å². The summed E-state index contributed by atoms with van der Waals surface area (Å²) in [5.41, 5.74) is -0.398. The van der Waals surface area contributed by atoms with Gasteiger partial charge in [-0.2, -0.15) is 0 Å². The van der Waals surface area contributed by atoms with Gasteiger partial charge in [-0.15, -0.1) is 0 Å². The molecule has 94 valence electrons. The monoisotopic (exact) mass is 227 g/mol. The molecule has 0 atom stereocenters. The Labute approximate surface area is 98.9 Å². The highest BCUT2D eigenvalue weighted by atomic mass is 16.6. The number of hydrogen-bond donors (Lipinski definition) is 1. The summed E-state index contributed by atoms with van der Waals surface area (Å²) in [5.74, 6) is 1.55. The minimum Gasteiger partial charge on any atom is -0.444 e. The molecule has 0 radical (unpaired) electrons. The number of carbonyl (C=O) groups is 1. The second kappa shape index (κ2) is 5.07. The van der Waals surface area contributed by atoms with Crippen LogP contribution < -0.4 is 5.32 Å². The lowest BCUT2D eigenvalue weighted by molar-refractivity contribution is 0.0445. The molecule has 0 saturated heterocycles. The number of carbonyl (C=O) groups excluding carboxylic acids is 1. The van der Waals surface area contributed by atoms with Crippen molar-refractivity contribution in [3.8, 4) is 0 Å². The molecular formula is C13H25NO2. The molecule has 0 aromatic rings. The SMILES string of the molecule is CC(C)CC1CC(NC(=O)OC(C)(C)C)C1. The Bertz CT molecular complexity index is 237. The van der Waals surface area contributed by atoms with E-state index in [1.165, 1.54) is 6.42 Å². The molecule has 1 rings (SSSR count). The van der Waals surface area contributed by atoms with Crippen LogP contribution in [0, 0.1) is 11.8 Å². The molecule has 0 aliphatic heterocycles. The maximum atomic E-state index is 11.5. The lowest BCUT2D eigenvalue weighted by Gasteiger charge is -2.37. The molecule has 0 unspecified atom stereocenters. The number of rotatable bonds is 3. The van der Waals surface area contributed by atoms with Crippen LogP contribution in [0.15, 0.2) is 0 Å². The number of amides is 1. The summed E-state index contributed by atoms with van der Waals surface area (Å²) < 4.78 is 5.21. The van der Waals surface area contributed by atoms with Crippen LogP contribution >= 0.6 is 0 Å². The van der Waals surface area contributed by atoms with Crippen molar-refractivity contribution in [3.05, 3.63) is 0 Å². The van der Waals surface area contributed by atoms with Crippen LogP contribution in [0.5, 0.6) is 0 Å². The molecule has 0 heterocycles. The molecule has 1 N–H and O–H groups in total. The smallest absolute Gasteiger partial charge is 0.407 e. The highest BCUT2D eigenvalue weighted by Gasteiger charge is 2.31. The predicted octanol–water partition coefficient (Wildman–Crippen LogP) is 3.34. The molecule has 0 aromatic carbocycles. The topological polar surface area (TPSA) is 38.3 Å². The molecular weight excluding hydrogens is 202 g/mol. The van der Waals surface area contributed by atoms with Gasteiger partial charge in [0.2, 0.25) is 0 Å². The minimum absolute atomic E-state index is 0.277. The molecule has 3 heteroatoms. The van der Waals surface area contributed by atoms with E-state index < -0.39 is 5.60 Å². The maximum absolute atomic E-state index is 11.5. The molecule has 16 heavy (non-hydrogen) atoms. The highest BCUT2D eigenvalue weighted by molar-refractivity contribution is 5.68. The quantitative estimate of drug-likeness (QED) is 0.803. The van der Waals surface area contributed by atoms with E-state index in [2.05, 4.69) is 19.2 Å². The molecule has 0 spiro atoms. The van der Waals surface area contributed by atoms with E-state index in [4.69, 9.17) is 4.74 Å². The van der Waals surface area contributed by atoms with Crippen molar-refractivity contribution in [1.29, 1.82) is 0 Å². The van der Waals surface area contributed by atoms with Gasteiger partial charge in [0, 0.05) is 6.04 Å². The van der Waals surface area contributed by atoms with Crippen molar-refractivity contribution in [2.45, 2.75) is 65.5 Å². The molecule has 0 bridgehead atoms. The minimum atomic E-state index is -0.398. The summed E-state index contributed by atoms with van der Waals surface area (Å²) in [6.45, 7) is 10.1. The van der Waals surface area contributed by atoms with Gasteiger partial charge in [0.25, 0.3) is 0 Å². The van der Waals surface area contributed by atoms with Crippen LogP contribution in [0.4, 0.5) is 4.79 Å². The zero-order valence-corrected chi connectivity index (χ0v) is 11.2. The predicted molar refractivity (Wildman–Crippen MR) is 65.3 cm³/mol. The van der Waals surface area contributed by atoms with Crippen molar-refractivity contribution in [2.75, 3.05) is 0 Å². The Hall–Kier alpha value is -0.730. The van der Waals surface area contributed by atoms with Gasteiger partial charge in [-0.25, -0.2) is 4.79 Å². The fourth-order valence-electron chi connectivity index (χ4n) is 2.19. The van der Waals surface area contributed by atoms with Gasteiger partial charge in [-0.05, 0) is 51.9 Å². The average Bonchev–Trinajstić information content (AvgIpc) is 1.95. The van der Waals surface area contributed by atoms with E-state index in [1.54, 1.807) is 0 Å². The Balaban J connectivity index is 2.15. The third-order valence-corrected chi connectivity index (χ3v) is 2.76. The van der Waals surface area contributed by atoms with Crippen LogP contribution in [0.2, 0.25) is 0 Å². The number of nitrogens with one attached hydrogen (secondary N) is 1. The van der Waals surface area contributed by atoms with Gasteiger partial charge >= 0.3 is 6.09 Å². The summed E-state index contributed by atoms with van der Waals surface area (Å²) in [4.78, 5) is 11.5. The largest absolute Gasteiger partial charge is 0.444 e. The van der Waals surface area contributed by atoms with Gasteiger partial charge in [0.1, 0.15) is 5.60 Å². The fourth-order valence-corrected chi connectivity index (χ4v) is 2.19. The Morgan fingerprint density at radius 3 is 2.38 bits per heavy atom. The lowest BCUT2D eigenvalue weighted by Crippen LogP contribution is -2.46. The van der Waals surface area contributed by atoms with E-state index in [9.17, 15) is 4.79 Å². The van der Waals surface area contributed by atoms with E-state index in [0.29, 0.717) is 6.04 Å². The molecule has 1 fully saturated rings. The normalized spacial score (nSPS) is 25.1. The summed E-state index contributed by atoms with van der Waals surface area (Å²) in [6.07, 6.45) is 3.21. The molecule has 1 amide bonds. The first-order chi connectivity index (χ1) is 7.26. The Morgan fingerprint density at radius 1 is 1.38 bits per heavy atom. The number of ether oxygens (including phenoxy) is 1. The number of alkyl carbamates (subject to hydrolysis) is 1. The number of hydrogen-bond acceptors (Lipinski definition) is 2. The first kappa shape index (κ1) is 13.3. The summed E-state index contributed by atoms with van der Waals surface area (Å²) in [5, 5.41) is 2.91. The summed E-state index contributed by atoms with van der Waals surface area (Å²) in [7, 11) is 0. The molecule has 1 aliphatic rings. The van der Waals surface area contributed by atoms with E-state index >= 15 is 0 Å². The Kier molecular flexibility index (Phi) is 4.22. The second-order valence-electron chi connectivity index (χ2n) is 6.31. The van der Waals surface area contributed by atoms with Crippen LogP contribution in [-0.2, 0) is 4.74 Å². The van der Waals surface area contributed by atoms with Crippen molar-refractivity contribution in [3.63, 3.8) is 0 Å². The van der Waals surface area contributed by atoms with Gasteiger partial charge in [-0.3, -0.25) is 0 Å². The van der Waals surface area contributed by atoms with Gasteiger partial charge in [-0.1, -0.05) is 13.8 Å². The third-order valence-electron chi connectivity index (χ3n) is 2.76. The molecule has 1 aliphatic carbocycles. The van der Waals surface area contributed by atoms with Crippen molar-refractivity contribution < 1.29 is 9.53 Å². The fraction of sp³-hybridized carbons (Fsp3) is 0.923. The van der Waals surface area contributed by atoms with Crippen LogP contribution in [0.1, 0.15) is 53.9 Å². The second-order valence-corrected chi connectivity index (χ2v) is 6.31. The van der Waals surface area contributed by atoms with Crippen molar-refractivity contribution >= 4 is 6.09 Å². The van der Waals surface area contributed by atoms with E-state index in [0.717, 1.165) is 24.7 Å². The summed E-state index contributed by atoms with van der Waals surface area (Å²) >= 11 is 0. The lowest BCUT2D eigenvalue weighted by atomic mass is 9.76. The van der Waals surface area contributed by atoms with Crippen LogP contribution in [-0.4, -0.2) is 17.7 Å². The van der Waals surface area contributed by atoms with E-state index in [1.807, 2.05) is 20.8 Å². The molecule has 0 aromatic heterocycles. The maximum Gasteiger partial charge on any atom is 0.407 e. The van der Waals surface area contributed by atoms with Gasteiger partial charge in [0.15, 0.2) is 0 Å². The van der Waals surface area contributed by atoms with Gasteiger partial charge in [0.05, 0.1) is 0 Å². The van der Waals surface area contributed by atoms with Crippen LogP contribution in [0.25, 0.3) is 0 Å². The van der Waals surface area contributed by atoms with Crippen LogP contribution in [0.3, 0.4) is 0 Å². The van der Waals surface area contributed by atoms with E-state index in [-0.39, 0.29) is 6.09 Å². The van der Waals surface area contributed by atoms with Crippen molar-refractivity contribution in [1.82, 2.24) is 5.32 Å². The first-order valence-electron chi connectivity index (χ1n) is 6.26. The first-order valence-corrected chi connectivity index (χ1v) is 6.26. The molecule has 1 saturated carbocycles. The highest BCUT2D eigenvalue weighted by Crippen LogP contribution is 2.32. The Morgan fingerprint density at radius 2 is 1.94 bits per heavy atom. The average molecular weight is 227 g/mol. The standard InChI is InChI=1S/C13H25NO2/c1-9(2)6-10-7-11(8-10)14-12(15)16-13(3,4)5/h9-11H,6-8H2,1-5H3,(H,14,15). The van der Waals surface area contributed by atoms with Crippen molar-refractivity contribution in [2.24, 2.45) is 11.8 Å². The zero-order valence-electron chi connectivity index (χ0n) is 11.2. The zero-order chi connectivity index (χ0) is 12.3. The summed E-state index contributed by atoms with van der Waals surface area (Å²) in [6, 6.07) is 0.332. The molecule has 3 nitrogen and oxygen atoms in total.